The second-order valence-corrected chi connectivity index (χ2v) is 8.58. The van der Waals surface area contributed by atoms with Crippen LogP contribution in [0, 0.1) is 0 Å². The summed E-state index contributed by atoms with van der Waals surface area (Å²) in [6.45, 7) is 7.87. The van der Waals surface area contributed by atoms with Crippen molar-refractivity contribution in [3.63, 3.8) is 0 Å². The molecule has 4 rings (SSSR count). The molecule has 0 atom stereocenters. The number of amides is 1. The average Bonchev–Trinajstić information content (AvgIpc) is 3.07. The maximum absolute atomic E-state index is 11.5. The van der Waals surface area contributed by atoms with E-state index in [-0.39, 0.29) is 5.91 Å². The number of fused-ring (bicyclic) bond motifs is 2. The third-order valence-electron chi connectivity index (χ3n) is 5.35. The van der Waals surface area contributed by atoms with Crippen molar-refractivity contribution in [1.29, 1.82) is 0 Å². The van der Waals surface area contributed by atoms with Gasteiger partial charge < -0.3 is 10.2 Å². The number of carbonyl (C=O) groups excluding carboxylic acids is 1. The summed E-state index contributed by atoms with van der Waals surface area (Å²) in [7, 11) is 0. The number of pyridine rings is 1. The van der Waals surface area contributed by atoms with Gasteiger partial charge in [0.2, 0.25) is 17.1 Å². The van der Waals surface area contributed by atoms with Crippen LogP contribution in [0.2, 0.25) is 0 Å². The number of hydrogen-bond acceptors (Lipinski definition) is 3. The van der Waals surface area contributed by atoms with Crippen molar-refractivity contribution in [2.24, 2.45) is 0 Å². The monoisotopic (exact) mass is 418 g/mol. The molecule has 5 heteroatoms. The van der Waals surface area contributed by atoms with E-state index in [1.54, 1.807) is 18.7 Å². The highest BCUT2D eigenvalue weighted by atomic mass is 32.2. The Balaban J connectivity index is 1.76. The van der Waals surface area contributed by atoms with Crippen LogP contribution in [0.5, 0.6) is 0 Å². The molecule has 0 unspecified atom stereocenters. The predicted octanol–water partition coefficient (Wildman–Crippen LogP) is 5.82. The molecular formula is C25H28N3OS+. The summed E-state index contributed by atoms with van der Waals surface area (Å²) in [6, 6.07) is 19.1. The van der Waals surface area contributed by atoms with Gasteiger partial charge in [-0.05, 0) is 43.7 Å². The number of rotatable bonds is 6. The average molecular weight is 419 g/mol. The lowest BCUT2D eigenvalue weighted by molar-refractivity contribution is -0.669. The van der Waals surface area contributed by atoms with Gasteiger partial charge in [0.15, 0.2) is 0 Å². The van der Waals surface area contributed by atoms with Gasteiger partial charge in [0.05, 0.1) is 10.7 Å². The van der Waals surface area contributed by atoms with Gasteiger partial charge in [0.1, 0.15) is 6.54 Å². The molecule has 1 aliphatic rings. The SMILES string of the molecule is CCCCN1C(=Cc2ccc3ccccc3[n+]2CC)Sc2cc(NC(C)=O)ccc21. The third kappa shape index (κ3) is 4.08. The van der Waals surface area contributed by atoms with Crippen LogP contribution in [0.4, 0.5) is 11.4 Å². The van der Waals surface area contributed by atoms with Crippen molar-refractivity contribution >= 4 is 46.0 Å². The second kappa shape index (κ2) is 8.92. The Labute approximate surface area is 182 Å². The van der Waals surface area contributed by atoms with Crippen LogP contribution >= 0.6 is 11.8 Å². The fourth-order valence-electron chi connectivity index (χ4n) is 3.92. The van der Waals surface area contributed by atoms with E-state index in [1.807, 2.05) is 6.07 Å². The summed E-state index contributed by atoms with van der Waals surface area (Å²) >= 11 is 1.78. The molecule has 2 aromatic carbocycles. The molecule has 0 aliphatic carbocycles. The van der Waals surface area contributed by atoms with Gasteiger partial charge in [-0.15, -0.1) is 0 Å². The molecule has 0 saturated carbocycles. The summed E-state index contributed by atoms with van der Waals surface area (Å²) in [4.78, 5) is 15.1. The van der Waals surface area contributed by atoms with E-state index in [2.05, 4.69) is 83.2 Å². The van der Waals surface area contributed by atoms with E-state index in [0.717, 1.165) is 31.6 Å². The Hall–Kier alpha value is -2.79. The predicted molar refractivity (Wildman–Crippen MR) is 127 cm³/mol. The molecule has 1 amide bonds. The Morgan fingerprint density at radius 1 is 1.13 bits per heavy atom. The molecule has 4 nitrogen and oxygen atoms in total. The number of nitrogens with one attached hydrogen (secondary N) is 1. The minimum atomic E-state index is -0.0447. The first-order valence-electron chi connectivity index (χ1n) is 10.6. The molecule has 1 aliphatic heterocycles. The van der Waals surface area contributed by atoms with Crippen molar-refractivity contribution < 1.29 is 9.36 Å². The zero-order valence-corrected chi connectivity index (χ0v) is 18.6. The number of thioether (sulfide) groups is 1. The maximum atomic E-state index is 11.5. The molecule has 2 heterocycles. The lowest BCUT2D eigenvalue weighted by Gasteiger charge is -2.20. The largest absolute Gasteiger partial charge is 0.335 e. The smallest absolute Gasteiger partial charge is 0.221 e. The van der Waals surface area contributed by atoms with Crippen LogP contribution in [0.1, 0.15) is 39.3 Å². The molecule has 1 aromatic heterocycles. The van der Waals surface area contributed by atoms with E-state index >= 15 is 0 Å². The summed E-state index contributed by atoms with van der Waals surface area (Å²) in [5, 5.41) is 5.39. The van der Waals surface area contributed by atoms with E-state index in [4.69, 9.17) is 0 Å². The molecule has 0 bridgehead atoms. The first kappa shape index (κ1) is 20.5. The van der Waals surface area contributed by atoms with Crippen LogP contribution in [0.15, 0.2) is 64.5 Å². The van der Waals surface area contributed by atoms with Crippen molar-refractivity contribution in [3.8, 4) is 0 Å². The number of hydrogen-bond donors (Lipinski definition) is 1. The van der Waals surface area contributed by atoms with E-state index in [9.17, 15) is 4.79 Å². The fraction of sp³-hybridized carbons (Fsp3) is 0.280. The number of unbranched alkanes of at least 4 members (excludes halogenated alkanes) is 1. The highest BCUT2D eigenvalue weighted by Crippen LogP contribution is 2.47. The summed E-state index contributed by atoms with van der Waals surface area (Å²) in [5.74, 6) is -0.0447. The minimum absolute atomic E-state index is 0.0447. The van der Waals surface area contributed by atoms with Crippen LogP contribution in [-0.4, -0.2) is 12.5 Å². The molecule has 3 aromatic rings. The van der Waals surface area contributed by atoms with E-state index < -0.39 is 0 Å². The van der Waals surface area contributed by atoms with E-state index in [1.165, 1.54) is 32.2 Å². The molecule has 0 fully saturated rings. The van der Waals surface area contributed by atoms with Crippen molar-refractivity contribution in [2.45, 2.75) is 45.1 Å². The van der Waals surface area contributed by atoms with Gasteiger partial charge >= 0.3 is 0 Å². The molecule has 0 spiro atoms. The van der Waals surface area contributed by atoms with Crippen LogP contribution in [0.3, 0.4) is 0 Å². The highest BCUT2D eigenvalue weighted by Gasteiger charge is 2.26. The van der Waals surface area contributed by atoms with E-state index in [0.29, 0.717) is 0 Å². The van der Waals surface area contributed by atoms with Crippen LogP contribution < -0.4 is 14.8 Å². The zero-order valence-electron chi connectivity index (χ0n) is 17.8. The molecule has 1 N–H and O–H groups in total. The molecule has 154 valence electrons. The van der Waals surface area contributed by atoms with Crippen LogP contribution in [0.25, 0.3) is 17.0 Å². The van der Waals surface area contributed by atoms with Gasteiger partial charge in [-0.25, -0.2) is 0 Å². The molecule has 30 heavy (non-hydrogen) atoms. The van der Waals surface area contributed by atoms with Gasteiger partial charge in [-0.3, -0.25) is 4.79 Å². The number of benzene rings is 2. The summed E-state index contributed by atoms with van der Waals surface area (Å²) < 4.78 is 2.37. The maximum Gasteiger partial charge on any atom is 0.221 e. The number of aryl methyl sites for hydroxylation is 1. The summed E-state index contributed by atoms with van der Waals surface area (Å²) in [5.41, 5.74) is 4.52. The van der Waals surface area contributed by atoms with Crippen molar-refractivity contribution in [1.82, 2.24) is 0 Å². The quantitative estimate of drug-likeness (QED) is 0.513. The standard InChI is InChI=1S/C25H27N3OS/c1-4-6-15-28-23-14-12-20(26-18(3)29)16-24(23)30-25(28)17-21-13-11-19-9-7-8-10-22(19)27(21)5-2/h7-14,16-17H,4-6,15H2,1-3H3/p+1. The number of nitrogens with zero attached hydrogens (tertiary/aromatic N) is 2. The number of aromatic nitrogens is 1. The van der Waals surface area contributed by atoms with Gasteiger partial charge in [0, 0.05) is 47.6 Å². The minimum Gasteiger partial charge on any atom is -0.335 e. The van der Waals surface area contributed by atoms with Gasteiger partial charge in [-0.2, -0.15) is 4.57 Å². The Kier molecular flexibility index (Phi) is 6.09. The van der Waals surface area contributed by atoms with Crippen molar-refractivity contribution in [3.05, 3.63) is 65.3 Å². The lowest BCUT2D eigenvalue weighted by Crippen LogP contribution is -2.37. The Morgan fingerprint density at radius 3 is 2.73 bits per heavy atom. The first-order valence-corrected chi connectivity index (χ1v) is 11.4. The Bertz CT molecular complexity index is 1120. The van der Waals surface area contributed by atoms with Crippen LogP contribution in [-0.2, 0) is 11.3 Å². The molecule has 0 saturated heterocycles. The van der Waals surface area contributed by atoms with Gasteiger partial charge in [-0.1, -0.05) is 37.2 Å². The highest BCUT2D eigenvalue weighted by molar-refractivity contribution is 8.03. The molecular weight excluding hydrogens is 390 g/mol. The number of anilines is 2. The first-order chi connectivity index (χ1) is 14.6. The normalized spacial score (nSPS) is 14.4. The zero-order chi connectivity index (χ0) is 21.1. The second-order valence-electron chi connectivity index (χ2n) is 7.51. The fourth-order valence-corrected chi connectivity index (χ4v) is 5.10. The summed E-state index contributed by atoms with van der Waals surface area (Å²) in [6.07, 6.45) is 4.59. The van der Waals surface area contributed by atoms with Crippen molar-refractivity contribution in [2.75, 3.05) is 16.8 Å². The Morgan fingerprint density at radius 2 is 1.97 bits per heavy atom. The number of para-hydroxylation sites is 1. The molecule has 0 radical (unpaired) electrons. The topological polar surface area (TPSA) is 36.2 Å². The van der Waals surface area contributed by atoms with Gasteiger partial charge in [0.25, 0.3) is 0 Å². The lowest BCUT2D eigenvalue weighted by atomic mass is 10.2. The number of carbonyl (C=O) groups is 1. The third-order valence-corrected chi connectivity index (χ3v) is 6.44.